The maximum absolute atomic E-state index is 6.34. The molecule has 0 saturated heterocycles. The fourth-order valence-electron chi connectivity index (χ4n) is 2.02. The normalized spacial score (nSPS) is 12.6. The van der Waals surface area contributed by atoms with Crippen LogP contribution in [0.3, 0.4) is 0 Å². The highest BCUT2D eigenvalue weighted by atomic mass is 32.1. The molecular formula is C15H19NS. The summed E-state index contributed by atoms with van der Waals surface area (Å²) in [5, 5.41) is 2.13. The van der Waals surface area contributed by atoms with E-state index in [4.69, 9.17) is 5.73 Å². The Balaban J connectivity index is 2.27. The van der Waals surface area contributed by atoms with E-state index in [0.717, 1.165) is 12.8 Å². The first-order chi connectivity index (χ1) is 8.26. The Morgan fingerprint density at radius 2 is 1.76 bits per heavy atom. The molecule has 1 aromatic carbocycles. The standard InChI is InChI=1S/C15H19NS/c1-3-11-5-7-13(8-6-11)14(16)15-12(4-2)9-10-17-15/h5-10,14H,3-4,16H2,1-2H3. The van der Waals surface area contributed by atoms with Gasteiger partial charge in [0.05, 0.1) is 6.04 Å². The average molecular weight is 245 g/mol. The monoisotopic (exact) mass is 245 g/mol. The van der Waals surface area contributed by atoms with Gasteiger partial charge in [0.25, 0.3) is 0 Å². The van der Waals surface area contributed by atoms with E-state index in [1.165, 1.54) is 21.6 Å². The molecule has 0 amide bonds. The molecule has 0 spiro atoms. The molecule has 17 heavy (non-hydrogen) atoms. The van der Waals surface area contributed by atoms with Crippen LogP contribution in [0, 0.1) is 0 Å². The summed E-state index contributed by atoms with van der Waals surface area (Å²) < 4.78 is 0. The minimum absolute atomic E-state index is 0.0239. The third-order valence-corrected chi connectivity index (χ3v) is 4.23. The van der Waals surface area contributed by atoms with Crippen molar-refractivity contribution in [1.82, 2.24) is 0 Å². The van der Waals surface area contributed by atoms with Crippen molar-refractivity contribution in [3.8, 4) is 0 Å². The molecule has 2 N–H and O–H groups in total. The molecule has 0 aliphatic heterocycles. The second-order valence-corrected chi connectivity index (χ2v) is 5.18. The quantitative estimate of drug-likeness (QED) is 0.868. The Labute approximate surface area is 107 Å². The zero-order valence-corrected chi connectivity index (χ0v) is 11.3. The van der Waals surface area contributed by atoms with Gasteiger partial charge in [-0.15, -0.1) is 11.3 Å². The molecule has 0 bridgehead atoms. The van der Waals surface area contributed by atoms with Gasteiger partial charge in [-0.25, -0.2) is 0 Å². The van der Waals surface area contributed by atoms with Gasteiger partial charge in [-0.1, -0.05) is 38.1 Å². The van der Waals surface area contributed by atoms with Crippen molar-refractivity contribution >= 4 is 11.3 Å². The average Bonchev–Trinajstić information content (AvgIpc) is 2.86. The van der Waals surface area contributed by atoms with E-state index in [1.54, 1.807) is 11.3 Å². The van der Waals surface area contributed by atoms with Crippen LogP contribution >= 0.6 is 11.3 Å². The maximum atomic E-state index is 6.34. The molecule has 2 heteroatoms. The third-order valence-electron chi connectivity index (χ3n) is 3.19. The van der Waals surface area contributed by atoms with Gasteiger partial charge in [0.2, 0.25) is 0 Å². The minimum atomic E-state index is 0.0239. The summed E-state index contributed by atoms with van der Waals surface area (Å²) in [6.07, 6.45) is 2.13. The smallest absolute Gasteiger partial charge is 0.0648 e. The van der Waals surface area contributed by atoms with Gasteiger partial charge >= 0.3 is 0 Å². The van der Waals surface area contributed by atoms with Crippen LogP contribution in [-0.4, -0.2) is 0 Å². The Morgan fingerprint density at radius 3 is 2.35 bits per heavy atom. The topological polar surface area (TPSA) is 26.0 Å². The molecule has 0 fully saturated rings. The van der Waals surface area contributed by atoms with Crippen molar-refractivity contribution < 1.29 is 0 Å². The SMILES string of the molecule is CCc1ccc(C(N)c2sccc2CC)cc1. The summed E-state index contributed by atoms with van der Waals surface area (Å²) in [4.78, 5) is 1.30. The molecule has 90 valence electrons. The van der Waals surface area contributed by atoms with E-state index < -0.39 is 0 Å². The zero-order chi connectivity index (χ0) is 12.3. The minimum Gasteiger partial charge on any atom is -0.320 e. The van der Waals surface area contributed by atoms with E-state index in [2.05, 4.69) is 49.6 Å². The van der Waals surface area contributed by atoms with E-state index in [-0.39, 0.29) is 6.04 Å². The lowest BCUT2D eigenvalue weighted by molar-refractivity contribution is 0.872. The first-order valence-electron chi connectivity index (χ1n) is 6.17. The fourth-order valence-corrected chi connectivity index (χ4v) is 3.05. The van der Waals surface area contributed by atoms with Gasteiger partial charge in [0.15, 0.2) is 0 Å². The van der Waals surface area contributed by atoms with E-state index in [9.17, 15) is 0 Å². The third kappa shape index (κ3) is 2.59. The van der Waals surface area contributed by atoms with Crippen LogP contribution in [0.2, 0.25) is 0 Å². The summed E-state index contributed by atoms with van der Waals surface area (Å²) in [5.41, 5.74) is 10.3. The van der Waals surface area contributed by atoms with Crippen LogP contribution < -0.4 is 5.73 Å². The predicted octanol–water partition coefficient (Wildman–Crippen LogP) is 3.92. The predicted molar refractivity (Wildman–Crippen MR) is 75.5 cm³/mol. The first-order valence-corrected chi connectivity index (χ1v) is 7.04. The molecule has 0 aliphatic rings. The summed E-state index contributed by atoms with van der Waals surface area (Å²) in [5.74, 6) is 0. The summed E-state index contributed by atoms with van der Waals surface area (Å²) in [7, 11) is 0. The van der Waals surface area contributed by atoms with Gasteiger partial charge in [0, 0.05) is 4.88 Å². The van der Waals surface area contributed by atoms with Gasteiger partial charge in [-0.05, 0) is 41.0 Å². The largest absolute Gasteiger partial charge is 0.320 e. The number of aryl methyl sites for hydroxylation is 2. The highest BCUT2D eigenvalue weighted by molar-refractivity contribution is 7.10. The lowest BCUT2D eigenvalue weighted by atomic mass is 10.0. The Morgan fingerprint density at radius 1 is 1.06 bits per heavy atom. The van der Waals surface area contributed by atoms with Crippen molar-refractivity contribution in [3.63, 3.8) is 0 Å². The second-order valence-electron chi connectivity index (χ2n) is 4.24. The van der Waals surface area contributed by atoms with Crippen LogP contribution in [0.1, 0.15) is 41.5 Å². The van der Waals surface area contributed by atoms with E-state index in [1.807, 2.05) is 0 Å². The number of nitrogens with two attached hydrogens (primary N) is 1. The van der Waals surface area contributed by atoms with Crippen molar-refractivity contribution in [1.29, 1.82) is 0 Å². The molecule has 1 heterocycles. The summed E-state index contributed by atoms with van der Waals surface area (Å²) >= 11 is 1.76. The molecular weight excluding hydrogens is 226 g/mol. The summed E-state index contributed by atoms with van der Waals surface area (Å²) in [6.45, 7) is 4.35. The lowest BCUT2D eigenvalue weighted by Crippen LogP contribution is -2.11. The van der Waals surface area contributed by atoms with Gasteiger partial charge in [0.1, 0.15) is 0 Å². The molecule has 0 aliphatic carbocycles. The highest BCUT2D eigenvalue weighted by Gasteiger charge is 2.13. The van der Waals surface area contributed by atoms with Gasteiger partial charge in [-0.3, -0.25) is 0 Å². The Hall–Kier alpha value is -1.12. The van der Waals surface area contributed by atoms with Crippen molar-refractivity contribution in [3.05, 3.63) is 57.3 Å². The number of thiophene rings is 1. The fraction of sp³-hybridized carbons (Fsp3) is 0.333. The molecule has 0 saturated carbocycles. The van der Waals surface area contributed by atoms with Crippen LogP contribution in [-0.2, 0) is 12.8 Å². The van der Waals surface area contributed by atoms with Crippen molar-refractivity contribution in [2.24, 2.45) is 5.73 Å². The van der Waals surface area contributed by atoms with Gasteiger partial charge in [-0.2, -0.15) is 0 Å². The number of hydrogen-bond acceptors (Lipinski definition) is 2. The molecule has 0 radical (unpaired) electrons. The van der Waals surface area contributed by atoms with Crippen LogP contribution in [0.25, 0.3) is 0 Å². The van der Waals surface area contributed by atoms with Crippen molar-refractivity contribution in [2.75, 3.05) is 0 Å². The molecule has 2 aromatic rings. The molecule has 1 aromatic heterocycles. The van der Waals surface area contributed by atoms with E-state index in [0.29, 0.717) is 0 Å². The molecule has 2 rings (SSSR count). The Kier molecular flexibility index (Phi) is 3.97. The highest BCUT2D eigenvalue weighted by Crippen LogP contribution is 2.28. The van der Waals surface area contributed by atoms with Crippen LogP contribution in [0.15, 0.2) is 35.7 Å². The van der Waals surface area contributed by atoms with Gasteiger partial charge < -0.3 is 5.73 Å². The Bertz CT molecular complexity index is 470. The number of benzene rings is 1. The van der Waals surface area contributed by atoms with Crippen molar-refractivity contribution in [2.45, 2.75) is 32.7 Å². The maximum Gasteiger partial charge on any atom is 0.0648 e. The molecule has 1 atom stereocenters. The van der Waals surface area contributed by atoms with Crippen LogP contribution in [0.5, 0.6) is 0 Å². The van der Waals surface area contributed by atoms with E-state index >= 15 is 0 Å². The lowest BCUT2D eigenvalue weighted by Gasteiger charge is -2.13. The second kappa shape index (κ2) is 5.48. The van der Waals surface area contributed by atoms with Crippen LogP contribution in [0.4, 0.5) is 0 Å². The number of rotatable bonds is 4. The first kappa shape index (κ1) is 12.3. The molecule has 1 unspecified atom stereocenters. The summed E-state index contributed by atoms with van der Waals surface area (Å²) in [6, 6.07) is 10.9. The zero-order valence-electron chi connectivity index (χ0n) is 10.4. The molecule has 1 nitrogen and oxygen atoms in total. The number of hydrogen-bond donors (Lipinski definition) is 1.